The van der Waals surface area contributed by atoms with Crippen molar-refractivity contribution < 1.29 is 19.1 Å². The highest BCUT2D eigenvalue weighted by atomic mass is 19.1. The number of aliphatic carboxylic acids is 1. The topological polar surface area (TPSA) is 198 Å². The van der Waals surface area contributed by atoms with E-state index in [1.165, 1.54) is 42.5 Å². The summed E-state index contributed by atoms with van der Waals surface area (Å²) in [6, 6.07) is 8.04. The minimum absolute atomic E-state index is 0.000501. The number of hydrogen-bond donors (Lipinski definition) is 4. The molecule has 3 aliphatic rings. The Labute approximate surface area is 266 Å². The van der Waals surface area contributed by atoms with E-state index >= 15 is 0 Å². The van der Waals surface area contributed by atoms with Crippen LogP contribution >= 0.6 is 0 Å². The molecule has 3 fully saturated rings. The number of nitrogens with one attached hydrogen (secondary N) is 1. The maximum absolute atomic E-state index is 14.2. The van der Waals surface area contributed by atoms with Gasteiger partial charge in [-0.25, -0.2) is 15.6 Å². The molecule has 12 nitrogen and oxygen atoms in total. The molecule has 0 aliphatic heterocycles. The van der Waals surface area contributed by atoms with Crippen molar-refractivity contribution in [2.75, 3.05) is 10.2 Å². The molecule has 2 aromatic heterocycles. The molecular formula is C33H36FN9O3. The first-order chi connectivity index (χ1) is 21.6. The number of anilines is 2. The number of fused-ring (bicyclic) bond motifs is 1. The number of halogens is 1. The van der Waals surface area contributed by atoms with E-state index in [1.807, 2.05) is 27.7 Å². The number of hydrogen-bond acceptors (Lipinski definition) is 10. The van der Waals surface area contributed by atoms with Gasteiger partial charge >= 0.3 is 11.9 Å². The van der Waals surface area contributed by atoms with Crippen LogP contribution < -0.4 is 21.8 Å². The molecule has 0 unspecified atom stereocenters. The Hall–Kier alpha value is -5.27. The van der Waals surface area contributed by atoms with Crippen LogP contribution in [0.25, 0.3) is 10.9 Å². The number of pyridine rings is 2. The molecule has 3 saturated carbocycles. The van der Waals surface area contributed by atoms with E-state index in [9.17, 15) is 29.6 Å². The maximum atomic E-state index is 14.2. The van der Waals surface area contributed by atoms with Crippen LogP contribution in [0.4, 0.5) is 15.8 Å². The number of nitrogens with zero attached hydrogens (tertiary/aromatic N) is 6. The van der Waals surface area contributed by atoms with Gasteiger partial charge in [-0.3, -0.25) is 14.7 Å². The van der Waals surface area contributed by atoms with Crippen molar-refractivity contribution in [3.8, 4) is 12.1 Å². The summed E-state index contributed by atoms with van der Waals surface area (Å²) in [4.78, 5) is 35.3. The van der Waals surface area contributed by atoms with E-state index in [0.29, 0.717) is 17.0 Å². The van der Waals surface area contributed by atoms with Crippen LogP contribution in [0.1, 0.15) is 75.4 Å². The van der Waals surface area contributed by atoms with Crippen molar-refractivity contribution in [3.05, 3.63) is 70.7 Å². The van der Waals surface area contributed by atoms with Gasteiger partial charge in [-0.05, 0) is 62.6 Å². The number of nitriles is 2. The molecule has 238 valence electrons. The molecule has 1 aromatic carbocycles. The van der Waals surface area contributed by atoms with Crippen molar-refractivity contribution in [2.24, 2.45) is 22.9 Å². The SMILES string of the molecule is Cc1nc(F)ccc1[C@@H](/C(N)=C/N(N)C12CC(C1)C2)N(C(=O)C(=O)O)c1cc(C#N)c2ncc(C#N)c(N[C@H](C)C(C)(C)C)c2c1. The number of nitrogens with two attached hydrogens (primary N) is 2. The number of carboxylic acids is 1. The molecule has 0 spiro atoms. The summed E-state index contributed by atoms with van der Waals surface area (Å²) < 4.78 is 14.2. The third-order valence-corrected chi connectivity index (χ3v) is 9.34. The van der Waals surface area contributed by atoms with Gasteiger partial charge in [0.15, 0.2) is 0 Å². The Morgan fingerprint density at radius 1 is 1.20 bits per heavy atom. The summed E-state index contributed by atoms with van der Waals surface area (Å²) in [6.45, 7) is 9.52. The van der Waals surface area contributed by atoms with Crippen molar-refractivity contribution >= 4 is 34.2 Å². The molecule has 0 radical (unpaired) electrons. The second kappa shape index (κ2) is 11.6. The number of aromatic nitrogens is 2. The van der Waals surface area contributed by atoms with Crippen LogP contribution in [0.2, 0.25) is 0 Å². The molecule has 46 heavy (non-hydrogen) atoms. The fraction of sp³-hybridized carbons (Fsp3) is 0.394. The van der Waals surface area contributed by atoms with Gasteiger partial charge < -0.3 is 21.2 Å². The minimum Gasteiger partial charge on any atom is -0.474 e. The van der Waals surface area contributed by atoms with Gasteiger partial charge in [0.1, 0.15) is 18.2 Å². The number of carbonyl (C=O) groups is 2. The zero-order chi connectivity index (χ0) is 33.7. The van der Waals surface area contributed by atoms with Gasteiger partial charge in [-0.2, -0.15) is 14.9 Å². The van der Waals surface area contributed by atoms with Crippen LogP contribution in [0, 0.1) is 46.9 Å². The third kappa shape index (κ3) is 5.54. The zero-order valence-electron chi connectivity index (χ0n) is 26.3. The number of carbonyl (C=O) groups excluding carboxylic acids is 1. The monoisotopic (exact) mass is 625 g/mol. The lowest BCUT2D eigenvalue weighted by atomic mass is 9.49. The van der Waals surface area contributed by atoms with E-state index in [1.54, 1.807) is 0 Å². The first-order valence-corrected chi connectivity index (χ1v) is 14.8. The van der Waals surface area contributed by atoms with Crippen molar-refractivity contribution in [1.82, 2.24) is 15.0 Å². The number of hydrazine groups is 1. The summed E-state index contributed by atoms with van der Waals surface area (Å²) in [6.07, 6.45) is 5.50. The van der Waals surface area contributed by atoms with Crippen molar-refractivity contribution in [2.45, 2.75) is 71.5 Å². The fourth-order valence-corrected chi connectivity index (χ4v) is 6.09. The molecule has 3 aromatic rings. The molecule has 6 rings (SSSR count). The van der Waals surface area contributed by atoms with Gasteiger partial charge in [0.05, 0.1) is 33.6 Å². The van der Waals surface area contributed by atoms with E-state index in [0.717, 1.165) is 30.2 Å². The van der Waals surface area contributed by atoms with Gasteiger partial charge in [0.25, 0.3) is 0 Å². The largest absolute Gasteiger partial charge is 0.474 e. The van der Waals surface area contributed by atoms with Crippen molar-refractivity contribution in [1.29, 1.82) is 10.5 Å². The first-order valence-electron chi connectivity index (χ1n) is 14.8. The Morgan fingerprint density at radius 2 is 1.85 bits per heavy atom. The average Bonchev–Trinajstić information content (AvgIpc) is 2.93. The lowest BCUT2D eigenvalue weighted by molar-refractivity contribution is -0.149. The van der Waals surface area contributed by atoms with Crippen LogP contribution in [-0.2, 0) is 9.59 Å². The summed E-state index contributed by atoms with van der Waals surface area (Å²) in [5.41, 5.74) is 7.41. The average molecular weight is 626 g/mol. The second-order valence-electron chi connectivity index (χ2n) is 13.3. The lowest BCUT2D eigenvalue weighted by Crippen LogP contribution is -2.68. The normalized spacial score (nSPS) is 19.9. The molecule has 6 N–H and O–H groups in total. The summed E-state index contributed by atoms with van der Waals surface area (Å²) in [5.74, 6) is 3.11. The maximum Gasteiger partial charge on any atom is 0.395 e. The number of benzene rings is 1. The first kappa shape index (κ1) is 32.1. The Morgan fingerprint density at radius 3 is 2.37 bits per heavy atom. The molecular weight excluding hydrogens is 589 g/mol. The zero-order valence-corrected chi connectivity index (χ0v) is 26.3. The predicted octanol–water partition coefficient (Wildman–Crippen LogP) is 4.35. The number of aryl methyl sites for hydroxylation is 1. The van der Waals surface area contributed by atoms with Crippen LogP contribution in [-0.4, -0.2) is 43.5 Å². The Balaban J connectivity index is 1.78. The molecule has 13 heteroatoms. The quantitative estimate of drug-likeness (QED) is 0.120. The van der Waals surface area contributed by atoms with Crippen LogP contribution in [0.3, 0.4) is 0 Å². The summed E-state index contributed by atoms with van der Waals surface area (Å²) >= 11 is 0. The number of amides is 1. The predicted molar refractivity (Wildman–Crippen MR) is 169 cm³/mol. The van der Waals surface area contributed by atoms with E-state index < -0.39 is 23.9 Å². The molecule has 2 atom stereocenters. The molecule has 2 bridgehead atoms. The molecule has 1 amide bonds. The minimum atomic E-state index is -1.79. The molecule has 0 saturated heterocycles. The van der Waals surface area contributed by atoms with Gasteiger partial charge in [0.2, 0.25) is 5.95 Å². The standard InChI is InChI=1S/C33H36FN9O3/c1-17-23(6-7-26(34)40-17)29(25(37)16-42(38)33-10-19(11-33)12-33)43(30(44)31(45)46)22-8-20(13-35)27-24(9-22)28(21(14-36)15-39-27)41-18(2)32(3,4)5/h6-9,15-16,18-19,29H,10-12,37-38H2,1-5H3,(H,39,41)(H,45,46)/b25-16-/t18-,19?,29+,33?/m1/s1. The Bertz CT molecular complexity index is 1850. The van der Waals surface area contributed by atoms with Crippen LogP contribution in [0.15, 0.2) is 42.4 Å². The van der Waals surface area contributed by atoms with E-state index in [4.69, 9.17) is 11.6 Å². The second-order valence-corrected chi connectivity index (χ2v) is 13.3. The third-order valence-electron chi connectivity index (χ3n) is 9.34. The molecule has 3 aliphatic carbocycles. The Kier molecular flexibility index (Phi) is 8.09. The van der Waals surface area contributed by atoms with Gasteiger partial charge in [-0.15, -0.1) is 0 Å². The summed E-state index contributed by atoms with van der Waals surface area (Å²) in [7, 11) is 0. The van der Waals surface area contributed by atoms with Crippen LogP contribution in [0.5, 0.6) is 0 Å². The van der Waals surface area contributed by atoms with Crippen molar-refractivity contribution in [3.63, 3.8) is 0 Å². The highest BCUT2D eigenvalue weighted by Crippen LogP contribution is 2.60. The smallest absolute Gasteiger partial charge is 0.395 e. The number of carboxylic acid groups (broad SMARTS) is 1. The number of rotatable bonds is 8. The summed E-state index contributed by atoms with van der Waals surface area (Å²) in [5, 5.41) is 35.4. The van der Waals surface area contributed by atoms with E-state index in [2.05, 4.69) is 27.4 Å². The molecule has 2 heterocycles. The highest BCUT2D eigenvalue weighted by Gasteiger charge is 2.59. The van der Waals surface area contributed by atoms with Gasteiger partial charge in [-0.1, -0.05) is 26.8 Å². The highest BCUT2D eigenvalue weighted by molar-refractivity contribution is 6.37. The van der Waals surface area contributed by atoms with Gasteiger partial charge in [0, 0.05) is 40.8 Å². The fourth-order valence-electron chi connectivity index (χ4n) is 6.09. The van der Waals surface area contributed by atoms with E-state index in [-0.39, 0.29) is 56.3 Å². The lowest BCUT2D eigenvalue weighted by Gasteiger charge is -2.65.